The summed E-state index contributed by atoms with van der Waals surface area (Å²) < 4.78 is 16.6. The number of ether oxygens (including phenoxy) is 1. The van der Waals surface area contributed by atoms with Gasteiger partial charge < -0.3 is 19.8 Å². The minimum absolute atomic E-state index is 0.370. The van der Waals surface area contributed by atoms with Crippen molar-refractivity contribution >= 4 is 13.1 Å². The highest BCUT2D eigenvalue weighted by Crippen LogP contribution is 2.39. The lowest BCUT2D eigenvalue weighted by atomic mass is 9.75. The Bertz CT molecular complexity index is 511. The minimum atomic E-state index is -0.515. The number of rotatable bonds is 3. The highest BCUT2D eigenvalue weighted by Gasteiger charge is 2.53. The Labute approximate surface area is 125 Å². The maximum absolute atomic E-state index is 11.4. The van der Waals surface area contributed by atoms with E-state index in [0.717, 1.165) is 5.56 Å². The summed E-state index contributed by atoms with van der Waals surface area (Å²) in [5.74, 6) is -0.788. The van der Waals surface area contributed by atoms with Crippen LogP contribution in [-0.4, -0.2) is 31.4 Å². The molecule has 0 unspecified atom stereocenters. The molecule has 1 aliphatic heterocycles. The van der Waals surface area contributed by atoms with E-state index in [9.17, 15) is 4.79 Å². The number of nitrogens with two attached hydrogens (primary N) is 1. The van der Waals surface area contributed by atoms with Gasteiger partial charge in [0.2, 0.25) is 0 Å². The number of methoxy groups -OCH3 is 1. The third kappa shape index (κ3) is 2.97. The van der Waals surface area contributed by atoms with Gasteiger partial charge in [-0.25, -0.2) is 4.79 Å². The average molecular weight is 291 g/mol. The Morgan fingerprint density at radius 2 is 1.62 bits per heavy atom. The molecular weight excluding hydrogens is 269 g/mol. The van der Waals surface area contributed by atoms with Gasteiger partial charge in [0.25, 0.3) is 0 Å². The van der Waals surface area contributed by atoms with E-state index in [4.69, 9.17) is 15.0 Å². The van der Waals surface area contributed by atoms with Gasteiger partial charge in [-0.1, -0.05) is 12.1 Å². The zero-order chi connectivity index (χ0) is 15.8. The lowest BCUT2D eigenvalue weighted by molar-refractivity contribution is 0.00578. The first-order valence-electron chi connectivity index (χ1n) is 6.97. The molecular formula is C15H22BNO4. The summed E-state index contributed by atoms with van der Waals surface area (Å²) in [7, 11) is 0.839. The van der Waals surface area contributed by atoms with Crippen LogP contribution in [0.3, 0.4) is 0 Å². The zero-order valence-electron chi connectivity index (χ0n) is 13.2. The van der Waals surface area contributed by atoms with E-state index in [-0.39, 0.29) is 5.97 Å². The van der Waals surface area contributed by atoms with Crippen molar-refractivity contribution in [2.75, 3.05) is 7.11 Å². The third-order valence-corrected chi connectivity index (χ3v) is 4.28. The number of esters is 1. The molecule has 114 valence electrons. The molecule has 1 aliphatic rings. The molecule has 1 aromatic rings. The molecule has 0 saturated carbocycles. The molecule has 5 nitrogen and oxygen atoms in total. The second kappa shape index (κ2) is 5.44. The molecule has 1 fully saturated rings. The van der Waals surface area contributed by atoms with Crippen LogP contribution in [0, 0.1) is 0 Å². The quantitative estimate of drug-likeness (QED) is 0.682. The first-order valence-corrected chi connectivity index (χ1v) is 6.97. The van der Waals surface area contributed by atoms with E-state index < -0.39 is 24.3 Å². The summed E-state index contributed by atoms with van der Waals surface area (Å²) in [5, 5.41) is 0. The van der Waals surface area contributed by atoms with Gasteiger partial charge in [-0.3, -0.25) is 0 Å². The van der Waals surface area contributed by atoms with Crippen LogP contribution in [0.1, 0.15) is 49.6 Å². The van der Waals surface area contributed by atoms with Crippen LogP contribution in [0.25, 0.3) is 0 Å². The third-order valence-electron chi connectivity index (χ3n) is 4.28. The molecule has 21 heavy (non-hydrogen) atoms. The molecule has 1 saturated heterocycles. The van der Waals surface area contributed by atoms with Crippen molar-refractivity contribution in [2.24, 2.45) is 5.73 Å². The van der Waals surface area contributed by atoms with Crippen molar-refractivity contribution in [3.05, 3.63) is 35.4 Å². The van der Waals surface area contributed by atoms with Crippen molar-refractivity contribution in [3.8, 4) is 0 Å². The Morgan fingerprint density at radius 3 is 2.05 bits per heavy atom. The van der Waals surface area contributed by atoms with Crippen molar-refractivity contribution in [1.29, 1.82) is 0 Å². The van der Waals surface area contributed by atoms with E-state index >= 15 is 0 Å². The fraction of sp³-hybridized carbons (Fsp3) is 0.533. The highest BCUT2D eigenvalue weighted by molar-refractivity contribution is 6.47. The molecule has 1 aromatic carbocycles. The summed E-state index contributed by atoms with van der Waals surface area (Å²) in [6.45, 7) is 7.94. The number of carbonyl (C=O) groups excluding carboxylic acids is 1. The van der Waals surface area contributed by atoms with Crippen molar-refractivity contribution in [3.63, 3.8) is 0 Å². The summed E-state index contributed by atoms with van der Waals surface area (Å²) in [5.41, 5.74) is 6.74. The molecule has 2 rings (SSSR count). The van der Waals surface area contributed by atoms with Gasteiger partial charge in [0, 0.05) is 0 Å². The van der Waals surface area contributed by atoms with Gasteiger partial charge in [0.05, 0.1) is 29.8 Å². The molecule has 0 radical (unpaired) electrons. The Kier molecular flexibility index (Phi) is 4.15. The van der Waals surface area contributed by atoms with Gasteiger partial charge >= 0.3 is 13.1 Å². The molecule has 2 N–H and O–H groups in total. The maximum atomic E-state index is 11.4. The van der Waals surface area contributed by atoms with Crippen LogP contribution in [0.4, 0.5) is 0 Å². The predicted octanol–water partition coefficient (Wildman–Crippen LogP) is 2.10. The molecule has 1 atom stereocenters. The van der Waals surface area contributed by atoms with E-state index in [1.165, 1.54) is 7.11 Å². The molecule has 6 heteroatoms. The highest BCUT2D eigenvalue weighted by atomic mass is 16.7. The lowest BCUT2D eigenvalue weighted by Gasteiger charge is -2.32. The van der Waals surface area contributed by atoms with Gasteiger partial charge in [-0.2, -0.15) is 0 Å². The van der Waals surface area contributed by atoms with E-state index in [0.29, 0.717) is 5.56 Å². The van der Waals surface area contributed by atoms with Gasteiger partial charge in [0.1, 0.15) is 0 Å². The van der Waals surface area contributed by atoms with Gasteiger partial charge in [-0.15, -0.1) is 0 Å². The maximum Gasteiger partial charge on any atom is 0.480 e. The summed E-state index contributed by atoms with van der Waals surface area (Å²) in [6, 6.07) is 6.96. The summed E-state index contributed by atoms with van der Waals surface area (Å²) >= 11 is 0. The minimum Gasteiger partial charge on any atom is -0.465 e. The van der Waals surface area contributed by atoms with E-state index in [2.05, 4.69) is 4.74 Å². The zero-order valence-corrected chi connectivity index (χ0v) is 13.2. The smallest absolute Gasteiger partial charge is 0.465 e. The molecule has 0 spiro atoms. The predicted molar refractivity (Wildman–Crippen MR) is 80.8 cm³/mol. The van der Waals surface area contributed by atoms with Gasteiger partial charge in [-0.05, 0) is 45.4 Å². The van der Waals surface area contributed by atoms with Crippen molar-refractivity contribution in [2.45, 2.75) is 44.8 Å². The first kappa shape index (κ1) is 16.0. The fourth-order valence-corrected chi connectivity index (χ4v) is 2.15. The van der Waals surface area contributed by atoms with Crippen LogP contribution < -0.4 is 5.73 Å². The van der Waals surface area contributed by atoms with Crippen LogP contribution in [0.5, 0.6) is 0 Å². The molecule has 1 heterocycles. The normalized spacial score (nSPS) is 21.1. The van der Waals surface area contributed by atoms with Crippen molar-refractivity contribution < 1.29 is 18.8 Å². The van der Waals surface area contributed by atoms with Crippen LogP contribution in [-0.2, 0) is 14.0 Å². The number of hydrogen-bond donors (Lipinski definition) is 1. The SMILES string of the molecule is COC(=O)c1ccc([C@H](N)B2OC(C)(C)C(C)(C)O2)cc1. The second-order valence-corrected chi connectivity index (χ2v) is 6.26. The van der Waals surface area contributed by atoms with E-state index in [1.54, 1.807) is 24.3 Å². The van der Waals surface area contributed by atoms with Crippen molar-refractivity contribution in [1.82, 2.24) is 0 Å². The van der Waals surface area contributed by atoms with Crippen LogP contribution in [0.2, 0.25) is 0 Å². The molecule has 0 bridgehead atoms. The monoisotopic (exact) mass is 291 g/mol. The first-order chi connectivity index (χ1) is 9.68. The Morgan fingerprint density at radius 1 is 1.14 bits per heavy atom. The topological polar surface area (TPSA) is 70.8 Å². The lowest BCUT2D eigenvalue weighted by Crippen LogP contribution is -2.41. The van der Waals surface area contributed by atoms with E-state index in [1.807, 2.05) is 27.7 Å². The van der Waals surface area contributed by atoms with Crippen LogP contribution in [0.15, 0.2) is 24.3 Å². The fourth-order valence-electron chi connectivity index (χ4n) is 2.15. The standard InChI is InChI=1S/C15H22BNO4/c1-14(2)15(3,4)21-16(20-14)12(17)10-6-8-11(9-7-10)13(18)19-5/h6-9,12H,17H2,1-5H3/t12-/m0/s1. The number of carbonyl (C=O) groups is 1. The number of benzene rings is 1. The van der Waals surface area contributed by atoms with Gasteiger partial charge in [0.15, 0.2) is 0 Å². The van der Waals surface area contributed by atoms with Crippen LogP contribution >= 0.6 is 0 Å². The average Bonchev–Trinajstić information content (AvgIpc) is 2.66. The molecule has 0 aliphatic carbocycles. The molecule has 0 aromatic heterocycles. The Hall–Kier alpha value is -1.37. The second-order valence-electron chi connectivity index (χ2n) is 6.26. The largest absolute Gasteiger partial charge is 0.480 e. The molecule has 0 amide bonds. The summed E-state index contributed by atoms with van der Waals surface area (Å²) in [4.78, 5) is 11.4. The Balaban J connectivity index is 2.14. The number of hydrogen-bond acceptors (Lipinski definition) is 5. The summed E-state index contributed by atoms with van der Waals surface area (Å²) in [6.07, 6.45) is 0.